The first-order valence-electron chi connectivity index (χ1n) is 4.94. The van der Waals surface area contributed by atoms with Crippen molar-refractivity contribution >= 4 is 11.8 Å². The fourth-order valence-corrected chi connectivity index (χ4v) is 1.40. The van der Waals surface area contributed by atoms with E-state index in [9.17, 15) is 9.59 Å². The van der Waals surface area contributed by atoms with Crippen LogP contribution in [-0.4, -0.2) is 42.8 Å². The van der Waals surface area contributed by atoms with Crippen LogP contribution >= 0.6 is 0 Å². The highest BCUT2D eigenvalue weighted by molar-refractivity contribution is 5.81. The summed E-state index contributed by atoms with van der Waals surface area (Å²) in [6, 6.07) is 0. The van der Waals surface area contributed by atoms with E-state index in [-0.39, 0.29) is 18.4 Å². The number of aliphatic hydroxyl groups is 1. The van der Waals surface area contributed by atoms with Crippen molar-refractivity contribution in [2.75, 3.05) is 19.8 Å². The first kappa shape index (κ1) is 11.9. The van der Waals surface area contributed by atoms with Gasteiger partial charge >= 0.3 is 0 Å². The Balaban J connectivity index is 2.25. The molecule has 0 aliphatic carbocycles. The summed E-state index contributed by atoms with van der Waals surface area (Å²) in [5.41, 5.74) is 4.84. The summed E-state index contributed by atoms with van der Waals surface area (Å²) in [5.74, 6) is -1.07. The molecule has 1 unspecified atom stereocenters. The summed E-state index contributed by atoms with van der Waals surface area (Å²) < 4.78 is 5.11. The number of primary amides is 1. The van der Waals surface area contributed by atoms with Gasteiger partial charge in [-0.25, -0.2) is 0 Å². The van der Waals surface area contributed by atoms with E-state index in [4.69, 9.17) is 15.6 Å². The molecule has 1 rings (SSSR count). The number of carbonyl (C=O) groups excluding carboxylic acids is 2. The number of hydrogen-bond acceptors (Lipinski definition) is 4. The zero-order chi connectivity index (χ0) is 11.3. The molecule has 0 aromatic rings. The average molecular weight is 216 g/mol. The lowest BCUT2D eigenvalue weighted by molar-refractivity contribution is -0.130. The Kier molecular flexibility index (Phi) is 4.51. The molecule has 0 spiro atoms. The molecule has 0 aromatic carbocycles. The third-order valence-corrected chi connectivity index (χ3v) is 2.39. The molecule has 0 aromatic heterocycles. The van der Waals surface area contributed by atoms with Crippen LogP contribution in [0.3, 0.4) is 0 Å². The molecule has 6 heteroatoms. The summed E-state index contributed by atoms with van der Waals surface area (Å²) in [4.78, 5) is 22.0. The largest absolute Gasteiger partial charge is 0.381 e. The Morgan fingerprint density at radius 3 is 2.60 bits per heavy atom. The van der Waals surface area contributed by atoms with Gasteiger partial charge in [-0.3, -0.25) is 9.59 Å². The van der Waals surface area contributed by atoms with Gasteiger partial charge in [0.15, 0.2) is 0 Å². The number of nitrogens with one attached hydrogen (secondary N) is 1. The van der Waals surface area contributed by atoms with Crippen molar-refractivity contribution in [1.82, 2.24) is 5.32 Å². The fourth-order valence-electron chi connectivity index (χ4n) is 1.40. The standard InChI is InChI=1S/C9H16N2O4/c10-8(13)7(12)5-11-9(14)6-1-3-15-4-2-6/h6-7,12H,1-5H2,(H2,10,13)(H,11,14). The van der Waals surface area contributed by atoms with E-state index < -0.39 is 12.0 Å². The zero-order valence-corrected chi connectivity index (χ0v) is 8.44. The van der Waals surface area contributed by atoms with Crippen LogP contribution in [0.2, 0.25) is 0 Å². The smallest absolute Gasteiger partial charge is 0.248 e. The van der Waals surface area contributed by atoms with Gasteiger partial charge in [-0.15, -0.1) is 0 Å². The van der Waals surface area contributed by atoms with Crippen molar-refractivity contribution < 1.29 is 19.4 Å². The Labute approximate surface area is 87.8 Å². The minimum atomic E-state index is -1.31. The summed E-state index contributed by atoms with van der Waals surface area (Å²) in [6.07, 6.45) is 0.0468. The maximum atomic E-state index is 11.5. The van der Waals surface area contributed by atoms with Gasteiger partial charge in [0.05, 0.1) is 6.54 Å². The molecule has 2 amide bonds. The van der Waals surface area contributed by atoms with Crippen LogP contribution in [0.1, 0.15) is 12.8 Å². The summed E-state index contributed by atoms with van der Waals surface area (Å²) in [7, 11) is 0. The quantitative estimate of drug-likeness (QED) is 0.525. The molecule has 1 fully saturated rings. The predicted molar refractivity (Wildman–Crippen MR) is 51.8 cm³/mol. The molecule has 0 radical (unpaired) electrons. The van der Waals surface area contributed by atoms with Crippen molar-refractivity contribution in [2.24, 2.45) is 11.7 Å². The molecule has 1 aliphatic rings. The summed E-state index contributed by atoms with van der Waals surface area (Å²) in [6.45, 7) is 1.04. The number of rotatable bonds is 4. The van der Waals surface area contributed by atoms with E-state index in [0.717, 1.165) is 0 Å². The van der Waals surface area contributed by atoms with Crippen molar-refractivity contribution in [1.29, 1.82) is 0 Å². The summed E-state index contributed by atoms with van der Waals surface area (Å²) >= 11 is 0. The van der Waals surface area contributed by atoms with Gasteiger partial charge in [-0.2, -0.15) is 0 Å². The number of carbonyl (C=O) groups is 2. The lowest BCUT2D eigenvalue weighted by atomic mass is 9.99. The fraction of sp³-hybridized carbons (Fsp3) is 0.778. The Bertz CT molecular complexity index is 238. The first-order chi connectivity index (χ1) is 7.11. The van der Waals surface area contributed by atoms with Crippen LogP contribution in [0.15, 0.2) is 0 Å². The Hall–Kier alpha value is -1.14. The second-order valence-electron chi connectivity index (χ2n) is 3.55. The first-order valence-corrected chi connectivity index (χ1v) is 4.94. The SMILES string of the molecule is NC(=O)C(O)CNC(=O)C1CCOCC1. The second-order valence-corrected chi connectivity index (χ2v) is 3.55. The lowest BCUT2D eigenvalue weighted by Gasteiger charge is -2.21. The van der Waals surface area contributed by atoms with Gasteiger partial charge in [0.2, 0.25) is 11.8 Å². The molecule has 0 bridgehead atoms. The number of amides is 2. The average Bonchev–Trinajstić information content (AvgIpc) is 2.26. The second kappa shape index (κ2) is 5.67. The highest BCUT2D eigenvalue weighted by Gasteiger charge is 2.22. The number of aliphatic hydroxyl groups excluding tert-OH is 1. The van der Waals surface area contributed by atoms with E-state index in [1.165, 1.54) is 0 Å². The van der Waals surface area contributed by atoms with Crippen LogP contribution in [0.4, 0.5) is 0 Å². The van der Waals surface area contributed by atoms with E-state index in [0.29, 0.717) is 26.1 Å². The third kappa shape index (κ3) is 3.85. The molecule has 6 nitrogen and oxygen atoms in total. The monoisotopic (exact) mass is 216 g/mol. The van der Waals surface area contributed by atoms with Crippen LogP contribution in [0.5, 0.6) is 0 Å². The minimum Gasteiger partial charge on any atom is -0.381 e. The number of ether oxygens (including phenoxy) is 1. The molecular weight excluding hydrogens is 200 g/mol. The van der Waals surface area contributed by atoms with Crippen molar-refractivity contribution in [3.8, 4) is 0 Å². The molecule has 0 saturated carbocycles. The van der Waals surface area contributed by atoms with Crippen LogP contribution in [-0.2, 0) is 14.3 Å². The van der Waals surface area contributed by atoms with E-state index >= 15 is 0 Å². The molecule has 4 N–H and O–H groups in total. The lowest BCUT2D eigenvalue weighted by Crippen LogP contribution is -2.42. The molecule has 1 saturated heterocycles. The van der Waals surface area contributed by atoms with E-state index in [1.807, 2.05) is 0 Å². The van der Waals surface area contributed by atoms with Crippen molar-refractivity contribution in [3.63, 3.8) is 0 Å². The van der Waals surface area contributed by atoms with Crippen LogP contribution < -0.4 is 11.1 Å². The topological polar surface area (TPSA) is 102 Å². The molecule has 86 valence electrons. The van der Waals surface area contributed by atoms with E-state index in [1.54, 1.807) is 0 Å². The normalized spacial score (nSPS) is 19.5. The molecule has 1 heterocycles. The van der Waals surface area contributed by atoms with Gasteiger partial charge in [0.1, 0.15) is 6.10 Å². The van der Waals surface area contributed by atoms with Crippen molar-refractivity contribution in [2.45, 2.75) is 18.9 Å². The van der Waals surface area contributed by atoms with Crippen LogP contribution in [0, 0.1) is 5.92 Å². The Morgan fingerprint density at radius 1 is 1.47 bits per heavy atom. The van der Waals surface area contributed by atoms with Gasteiger partial charge in [0.25, 0.3) is 0 Å². The zero-order valence-electron chi connectivity index (χ0n) is 8.44. The predicted octanol–water partition coefficient (Wildman–Crippen LogP) is -1.62. The highest BCUT2D eigenvalue weighted by Crippen LogP contribution is 2.14. The highest BCUT2D eigenvalue weighted by atomic mass is 16.5. The van der Waals surface area contributed by atoms with Gasteiger partial charge in [0, 0.05) is 19.1 Å². The van der Waals surface area contributed by atoms with Crippen LogP contribution in [0.25, 0.3) is 0 Å². The number of hydrogen-bond donors (Lipinski definition) is 3. The van der Waals surface area contributed by atoms with Crippen molar-refractivity contribution in [3.05, 3.63) is 0 Å². The van der Waals surface area contributed by atoms with Gasteiger partial charge in [-0.1, -0.05) is 0 Å². The maximum absolute atomic E-state index is 11.5. The molecular formula is C9H16N2O4. The van der Waals surface area contributed by atoms with E-state index in [2.05, 4.69) is 5.32 Å². The molecule has 15 heavy (non-hydrogen) atoms. The van der Waals surface area contributed by atoms with Gasteiger partial charge < -0.3 is 20.9 Å². The summed E-state index contributed by atoms with van der Waals surface area (Å²) in [5, 5.41) is 11.5. The molecule has 1 aliphatic heterocycles. The Morgan fingerprint density at radius 2 is 2.07 bits per heavy atom. The third-order valence-electron chi connectivity index (χ3n) is 2.39. The number of nitrogens with two attached hydrogens (primary N) is 1. The minimum absolute atomic E-state index is 0.0844. The molecule has 1 atom stereocenters. The van der Waals surface area contributed by atoms with Gasteiger partial charge in [-0.05, 0) is 12.8 Å². The maximum Gasteiger partial charge on any atom is 0.248 e.